The first kappa shape index (κ1) is 29.7. The van der Waals surface area contributed by atoms with E-state index in [9.17, 15) is 18.0 Å². The number of benzene rings is 3. The number of ether oxygens (including phenoxy) is 1. The second-order valence-electron chi connectivity index (χ2n) is 9.70. The minimum Gasteiger partial charge on any atom is -0.489 e. The largest absolute Gasteiger partial charge is 0.489 e. The second kappa shape index (κ2) is 13.8. The number of anilines is 1. The summed E-state index contributed by atoms with van der Waals surface area (Å²) in [5.41, 5.74) is 2.36. The molecule has 3 aromatic rings. The number of amides is 2. The first-order valence-electron chi connectivity index (χ1n) is 12.9. The third-order valence-corrected chi connectivity index (χ3v) is 7.28. The maximum absolute atomic E-state index is 13.6. The smallest absolute Gasteiger partial charge is 0.244 e. The van der Waals surface area contributed by atoms with Gasteiger partial charge in [0.2, 0.25) is 21.8 Å². The Balaban J connectivity index is 1.77. The van der Waals surface area contributed by atoms with Crippen LogP contribution < -0.4 is 14.4 Å². The molecule has 0 saturated heterocycles. The number of nitrogens with zero attached hydrogens (tertiary/aromatic N) is 2. The lowest BCUT2D eigenvalue weighted by Gasteiger charge is -2.32. The van der Waals surface area contributed by atoms with Crippen LogP contribution in [0.2, 0.25) is 0 Å². The highest BCUT2D eigenvalue weighted by Crippen LogP contribution is 2.23. The van der Waals surface area contributed by atoms with Gasteiger partial charge in [-0.3, -0.25) is 13.9 Å². The molecule has 208 valence electrons. The molecular formula is C30H37N3O5S. The van der Waals surface area contributed by atoms with E-state index in [1.807, 2.05) is 74.5 Å². The van der Waals surface area contributed by atoms with E-state index in [0.717, 1.165) is 21.7 Å². The summed E-state index contributed by atoms with van der Waals surface area (Å²) in [4.78, 5) is 27.8. The van der Waals surface area contributed by atoms with Crippen LogP contribution in [-0.4, -0.2) is 56.6 Å². The Kier molecular flexibility index (Phi) is 10.5. The Morgan fingerprint density at radius 3 is 1.95 bits per heavy atom. The highest BCUT2D eigenvalue weighted by molar-refractivity contribution is 7.92. The van der Waals surface area contributed by atoms with Crippen LogP contribution in [0.15, 0.2) is 84.9 Å². The van der Waals surface area contributed by atoms with Gasteiger partial charge in [0.05, 0.1) is 11.9 Å². The van der Waals surface area contributed by atoms with E-state index in [4.69, 9.17) is 4.74 Å². The zero-order valence-corrected chi connectivity index (χ0v) is 23.7. The zero-order valence-electron chi connectivity index (χ0n) is 22.9. The molecule has 9 heteroatoms. The molecule has 0 radical (unpaired) electrons. The van der Waals surface area contributed by atoms with Crippen molar-refractivity contribution in [3.63, 3.8) is 0 Å². The van der Waals surface area contributed by atoms with Crippen LogP contribution in [0.25, 0.3) is 0 Å². The van der Waals surface area contributed by atoms with E-state index in [1.54, 1.807) is 31.2 Å². The predicted octanol–water partition coefficient (Wildman–Crippen LogP) is 4.02. The molecule has 0 saturated carbocycles. The van der Waals surface area contributed by atoms with E-state index >= 15 is 0 Å². The van der Waals surface area contributed by atoms with Gasteiger partial charge in [0.15, 0.2) is 0 Å². The lowest BCUT2D eigenvalue weighted by atomic mass is 10.1. The summed E-state index contributed by atoms with van der Waals surface area (Å²) in [7, 11) is -3.80. The van der Waals surface area contributed by atoms with Crippen molar-refractivity contribution >= 4 is 27.5 Å². The molecule has 0 fully saturated rings. The molecule has 2 amide bonds. The molecule has 3 rings (SSSR count). The van der Waals surface area contributed by atoms with Gasteiger partial charge in [-0.15, -0.1) is 0 Å². The van der Waals surface area contributed by atoms with E-state index in [-0.39, 0.29) is 18.5 Å². The van der Waals surface area contributed by atoms with Gasteiger partial charge >= 0.3 is 0 Å². The van der Waals surface area contributed by atoms with Crippen molar-refractivity contribution in [2.24, 2.45) is 0 Å². The van der Waals surface area contributed by atoms with Crippen molar-refractivity contribution in [1.82, 2.24) is 10.2 Å². The number of nitrogens with one attached hydrogen (secondary N) is 1. The van der Waals surface area contributed by atoms with Gasteiger partial charge in [-0.1, -0.05) is 60.7 Å². The molecule has 8 nitrogen and oxygen atoms in total. The Hall–Kier alpha value is -3.85. The maximum Gasteiger partial charge on any atom is 0.244 e. The van der Waals surface area contributed by atoms with Crippen LogP contribution in [-0.2, 0) is 32.6 Å². The molecular weight excluding hydrogens is 514 g/mol. The van der Waals surface area contributed by atoms with Gasteiger partial charge in [0.1, 0.15) is 24.9 Å². The van der Waals surface area contributed by atoms with Crippen LogP contribution in [0, 0.1) is 0 Å². The average molecular weight is 552 g/mol. The standard InChI is InChI=1S/C30H37N3O5S/c1-23(2)31-30(35)24(3)32(20-19-25-11-7-5-8-12-25)29(34)21-33(39(4,36)37)27-15-17-28(18-16-27)38-22-26-13-9-6-10-14-26/h5-18,23-24H,19-22H2,1-4H3,(H,31,35)/t24-/m0/s1. The van der Waals surface area contributed by atoms with Crippen molar-refractivity contribution in [3.8, 4) is 5.75 Å². The van der Waals surface area contributed by atoms with Crippen molar-refractivity contribution in [2.75, 3.05) is 23.7 Å². The molecule has 0 spiro atoms. The lowest BCUT2D eigenvalue weighted by Crippen LogP contribution is -2.53. The molecule has 3 aromatic carbocycles. The van der Waals surface area contributed by atoms with Crippen molar-refractivity contribution in [1.29, 1.82) is 0 Å². The highest BCUT2D eigenvalue weighted by Gasteiger charge is 2.30. The summed E-state index contributed by atoms with van der Waals surface area (Å²) in [5.74, 6) is -0.185. The fraction of sp³-hybridized carbons (Fsp3) is 0.333. The SMILES string of the molecule is CC(C)NC(=O)[C@H](C)N(CCc1ccccc1)C(=O)CN(c1ccc(OCc2ccccc2)cc1)S(C)(=O)=O. The van der Waals surface area contributed by atoms with Gasteiger partial charge in [-0.2, -0.15) is 0 Å². The number of hydrogen-bond donors (Lipinski definition) is 1. The highest BCUT2D eigenvalue weighted by atomic mass is 32.2. The fourth-order valence-corrected chi connectivity index (χ4v) is 4.89. The van der Waals surface area contributed by atoms with Crippen molar-refractivity contribution < 1.29 is 22.7 Å². The molecule has 0 unspecified atom stereocenters. The number of carbonyl (C=O) groups is 2. The number of carbonyl (C=O) groups excluding carboxylic acids is 2. The summed E-state index contributed by atoms with van der Waals surface area (Å²) in [6.45, 7) is 5.56. The minimum absolute atomic E-state index is 0.0961. The zero-order chi connectivity index (χ0) is 28.4. The van der Waals surface area contributed by atoms with Crippen molar-refractivity contribution in [3.05, 3.63) is 96.1 Å². The minimum atomic E-state index is -3.80. The summed E-state index contributed by atoms with van der Waals surface area (Å²) < 4.78 is 32.4. The monoisotopic (exact) mass is 551 g/mol. The molecule has 1 atom stereocenters. The molecule has 0 aromatic heterocycles. The number of hydrogen-bond acceptors (Lipinski definition) is 5. The number of sulfonamides is 1. The molecule has 0 aliphatic rings. The Morgan fingerprint density at radius 1 is 0.846 bits per heavy atom. The Bertz CT molecular complexity index is 1310. The fourth-order valence-electron chi connectivity index (χ4n) is 4.04. The summed E-state index contributed by atoms with van der Waals surface area (Å²) in [6, 6.07) is 25.0. The first-order valence-corrected chi connectivity index (χ1v) is 14.8. The van der Waals surface area contributed by atoms with Gasteiger partial charge in [0.25, 0.3) is 0 Å². The Morgan fingerprint density at radius 2 is 1.41 bits per heavy atom. The van der Waals surface area contributed by atoms with Gasteiger partial charge in [-0.05, 0) is 62.6 Å². The molecule has 0 aliphatic heterocycles. The van der Waals surface area contributed by atoms with Crippen LogP contribution in [0.5, 0.6) is 5.75 Å². The van der Waals surface area contributed by atoms with Gasteiger partial charge in [-0.25, -0.2) is 8.42 Å². The first-order chi connectivity index (χ1) is 18.5. The number of rotatable bonds is 13. The van der Waals surface area contributed by atoms with E-state index in [1.165, 1.54) is 4.90 Å². The van der Waals surface area contributed by atoms with Crippen LogP contribution >= 0.6 is 0 Å². The van der Waals surface area contributed by atoms with E-state index in [2.05, 4.69) is 5.32 Å². The molecule has 0 aliphatic carbocycles. The van der Waals surface area contributed by atoms with E-state index < -0.39 is 28.5 Å². The van der Waals surface area contributed by atoms with Crippen molar-refractivity contribution in [2.45, 2.75) is 45.9 Å². The van der Waals surface area contributed by atoms with Crippen LogP contribution in [0.1, 0.15) is 31.9 Å². The average Bonchev–Trinajstić information content (AvgIpc) is 2.91. The third kappa shape index (κ3) is 9.14. The third-order valence-electron chi connectivity index (χ3n) is 6.13. The molecule has 0 bridgehead atoms. The summed E-state index contributed by atoms with van der Waals surface area (Å²) in [5, 5.41) is 2.84. The second-order valence-corrected chi connectivity index (χ2v) is 11.6. The van der Waals surface area contributed by atoms with E-state index in [0.29, 0.717) is 24.5 Å². The normalized spacial score (nSPS) is 12.0. The predicted molar refractivity (Wildman–Crippen MR) is 154 cm³/mol. The van der Waals surface area contributed by atoms with Crippen LogP contribution in [0.3, 0.4) is 0 Å². The summed E-state index contributed by atoms with van der Waals surface area (Å²) >= 11 is 0. The summed E-state index contributed by atoms with van der Waals surface area (Å²) in [6.07, 6.45) is 1.58. The molecule has 1 N–H and O–H groups in total. The van der Waals surface area contributed by atoms with Crippen LogP contribution in [0.4, 0.5) is 5.69 Å². The van der Waals surface area contributed by atoms with Gasteiger partial charge in [0, 0.05) is 12.6 Å². The maximum atomic E-state index is 13.6. The Labute approximate surface area is 231 Å². The quantitative estimate of drug-likeness (QED) is 0.346. The molecule has 39 heavy (non-hydrogen) atoms. The lowest BCUT2D eigenvalue weighted by molar-refractivity contribution is -0.139. The molecule has 0 heterocycles. The van der Waals surface area contributed by atoms with Gasteiger partial charge < -0.3 is 15.0 Å². The topological polar surface area (TPSA) is 96.0 Å².